The van der Waals surface area contributed by atoms with E-state index in [1.54, 1.807) is 19.1 Å². The van der Waals surface area contributed by atoms with E-state index in [0.29, 0.717) is 0 Å². The highest BCUT2D eigenvalue weighted by Gasteiger charge is 2.17. The Hall–Kier alpha value is -1.82. The SMILES string of the molecule is CCOC(=O)/C=C/N(C)S(=O)(=O)c1ccc(C)cc1. The van der Waals surface area contributed by atoms with Crippen LogP contribution in [0.2, 0.25) is 0 Å². The number of rotatable bonds is 5. The second-order valence-electron chi connectivity index (χ2n) is 3.90. The molecule has 0 N–H and O–H groups in total. The van der Waals surface area contributed by atoms with Crippen LogP contribution in [0.15, 0.2) is 41.4 Å². The van der Waals surface area contributed by atoms with E-state index >= 15 is 0 Å². The zero-order valence-electron chi connectivity index (χ0n) is 11.2. The average molecular weight is 283 g/mol. The van der Waals surface area contributed by atoms with Gasteiger partial charge < -0.3 is 4.74 Å². The Morgan fingerprint density at radius 2 is 1.89 bits per heavy atom. The first-order valence-corrected chi connectivity index (χ1v) is 7.21. The van der Waals surface area contributed by atoms with Crippen molar-refractivity contribution in [1.82, 2.24) is 4.31 Å². The molecule has 1 aromatic rings. The minimum atomic E-state index is -3.63. The summed E-state index contributed by atoms with van der Waals surface area (Å²) in [7, 11) is -2.26. The van der Waals surface area contributed by atoms with Gasteiger partial charge in [-0.2, -0.15) is 0 Å². The molecule has 0 aliphatic rings. The lowest BCUT2D eigenvalue weighted by Gasteiger charge is -2.14. The number of hydrogen-bond donors (Lipinski definition) is 0. The predicted molar refractivity (Wildman–Crippen MR) is 71.9 cm³/mol. The molecule has 0 aliphatic carbocycles. The summed E-state index contributed by atoms with van der Waals surface area (Å²) < 4.78 is 29.9. The van der Waals surface area contributed by atoms with Crippen LogP contribution >= 0.6 is 0 Å². The number of esters is 1. The number of nitrogens with zero attached hydrogens (tertiary/aromatic N) is 1. The van der Waals surface area contributed by atoms with Crippen LogP contribution in [-0.2, 0) is 19.6 Å². The smallest absolute Gasteiger partial charge is 0.332 e. The van der Waals surface area contributed by atoms with E-state index in [9.17, 15) is 13.2 Å². The number of benzene rings is 1. The van der Waals surface area contributed by atoms with Crippen molar-refractivity contribution < 1.29 is 17.9 Å². The van der Waals surface area contributed by atoms with Gasteiger partial charge in [0.1, 0.15) is 0 Å². The summed E-state index contributed by atoms with van der Waals surface area (Å²) in [6, 6.07) is 6.49. The maximum Gasteiger partial charge on any atom is 0.332 e. The summed E-state index contributed by atoms with van der Waals surface area (Å²) in [4.78, 5) is 11.3. The van der Waals surface area contributed by atoms with E-state index in [0.717, 1.165) is 15.9 Å². The zero-order valence-corrected chi connectivity index (χ0v) is 12.0. The molecule has 0 spiro atoms. The van der Waals surface area contributed by atoms with E-state index in [4.69, 9.17) is 0 Å². The first-order valence-electron chi connectivity index (χ1n) is 5.77. The fraction of sp³-hybridized carbons (Fsp3) is 0.308. The van der Waals surface area contributed by atoms with E-state index in [-0.39, 0.29) is 11.5 Å². The molecule has 0 atom stereocenters. The molecule has 0 radical (unpaired) electrons. The zero-order chi connectivity index (χ0) is 14.5. The van der Waals surface area contributed by atoms with E-state index < -0.39 is 16.0 Å². The highest BCUT2D eigenvalue weighted by atomic mass is 32.2. The summed E-state index contributed by atoms with van der Waals surface area (Å²) in [5.74, 6) is -0.576. The molecule has 1 aromatic carbocycles. The molecule has 6 heteroatoms. The monoisotopic (exact) mass is 283 g/mol. The lowest BCUT2D eigenvalue weighted by Crippen LogP contribution is -2.22. The van der Waals surface area contributed by atoms with Crippen molar-refractivity contribution in [2.24, 2.45) is 0 Å². The van der Waals surface area contributed by atoms with Crippen molar-refractivity contribution in [3.8, 4) is 0 Å². The van der Waals surface area contributed by atoms with Gasteiger partial charge in [-0.05, 0) is 26.0 Å². The van der Waals surface area contributed by atoms with Gasteiger partial charge in [0.2, 0.25) is 0 Å². The largest absolute Gasteiger partial charge is 0.463 e. The van der Waals surface area contributed by atoms with Crippen molar-refractivity contribution in [3.05, 3.63) is 42.1 Å². The Labute approximate surface area is 113 Å². The fourth-order valence-corrected chi connectivity index (χ4v) is 2.35. The quantitative estimate of drug-likeness (QED) is 0.609. The molecular formula is C13H17NO4S. The number of carbonyl (C=O) groups is 1. The van der Waals surface area contributed by atoms with Crippen molar-refractivity contribution in [2.75, 3.05) is 13.7 Å². The van der Waals surface area contributed by atoms with Crippen LogP contribution in [0.3, 0.4) is 0 Å². The van der Waals surface area contributed by atoms with E-state index in [1.807, 2.05) is 6.92 Å². The molecule has 5 nitrogen and oxygen atoms in total. The molecule has 0 saturated heterocycles. The molecule has 1 rings (SSSR count). The summed E-state index contributed by atoms with van der Waals surface area (Å²) in [6.07, 6.45) is 2.25. The lowest BCUT2D eigenvalue weighted by atomic mass is 10.2. The molecule has 0 unspecified atom stereocenters. The Balaban J connectivity index is 2.88. The number of sulfonamides is 1. The molecule has 0 amide bonds. The molecule has 19 heavy (non-hydrogen) atoms. The van der Waals surface area contributed by atoms with Crippen LogP contribution in [0.5, 0.6) is 0 Å². The summed E-state index contributed by atoms with van der Waals surface area (Å²) in [6.45, 7) is 3.80. The Bertz CT molecular complexity index is 561. The predicted octanol–water partition coefficient (Wildman–Crippen LogP) is 1.69. The van der Waals surface area contributed by atoms with E-state index in [2.05, 4.69) is 4.74 Å². The molecule has 0 fully saturated rings. The van der Waals surface area contributed by atoms with Crippen molar-refractivity contribution in [1.29, 1.82) is 0 Å². The van der Waals surface area contributed by atoms with Crippen LogP contribution in [0.1, 0.15) is 12.5 Å². The van der Waals surface area contributed by atoms with Crippen LogP contribution in [0.25, 0.3) is 0 Å². The topological polar surface area (TPSA) is 63.7 Å². The second kappa shape index (κ2) is 6.38. The van der Waals surface area contributed by atoms with Crippen molar-refractivity contribution in [2.45, 2.75) is 18.7 Å². The van der Waals surface area contributed by atoms with Gasteiger partial charge >= 0.3 is 5.97 Å². The van der Waals surface area contributed by atoms with Gasteiger partial charge in [-0.25, -0.2) is 13.2 Å². The minimum Gasteiger partial charge on any atom is -0.463 e. The first kappa shape index (κ1) is 15.2. The maximum absolute atomic E-state index is 12.1. The molecule has 0 aromatic heterocycles. The molecule has 0 heterocycles. The third kappa shape index (κ3) is 4.10. The lowest BCUT2D eigenvalue weighted by molar-refractivity contribution is -0.137. The Morgan fingerprint density at radius 1 is 1.32 bits per heavy atom. The van der Waals surface area contributed by atoms with Crippen LogP contribution in [0.4, 0.5) is 0 Å². The van der Waals surface area contributed by atoms with Crippen LogP contribution in [-0.4, -0.2) is 32.3 Å². The Morgan fingerprint density at radius 3 is 2.42 bits per heavy atom. The van der Waals surface area contributed by atoms with Gasteiger partial charge in [-0.15, -0.1) is 0 Å². The van der Waals surface area contributed by atoms with Crippen LogP contribution < -0.4 is 0 Å². The fourth-order valence-electron chi connectivity index (χ4n) is 1.31. The minimum absolute atomic E-state index is 0.175. The first-order chi connectivity index (χ1) is 8.87. The van der Waals surface area contributed by atoms with Gasteiger partial charge in [0, 0.05) is 19.3 Å². The molecule has 0 aliphatic heterocycles. The van der Waals surface area contributed by atoms with E-state index in [1.165, 1.54) is 25.4 Å². The van der Waals surface area contributed by atoms with Crippen LogP contribution in [0, 0.1) is 6.92 Å². The third-order valence-corrected chi connectivity index (χ3v) is 4.15. The summed E-state index contributed by atoms with van der Waals surface area (Å²) >= 11 is 0. The standard InChI is InChI=1S/C13H17NO4S/c1-4-18-13(15)9-10-14(3)19(16,17)12-7-5-11(2)6-8-12/h5-10H,4H2,1-3H3/b10-9+. The molecule has 104 valence electrons. The molecule has 0 bridgehead atoms. The molecular weight excluding hydrogens is 266 g/mol. The van der Waals surface area contributed by atoms with Crippen molar-refractivity contribution in [3.63, 3.8) is 0 Å². The summed E-state index contributed by atoms with van der Waals surface area (Å²) in [5, 5.41) is 0. The second-order valence-corrected chi connectivity index (χ2v) is 5.90. The highest BCUT2D eigenvalue weighted by Crippen LogP contribution is 2.15. The van der Waals surface area contributed by atoms with Crippen molar-refractivity contribution >= 4 is 16.0 Å². The Kier molecular flexibility index (Phi) is 5.11. The third-order valence-electron chi connectivity index (χ3n) is 2.41. The molecule has 0 saturated carbocycles. The number of aryl methyl sites for hydroxylation is 1. The van der Waals surface area contributed by atoms with Gasteiger partial charge in [0.15, 0.2) is 0 Å². The number of ether oxygens (including phenoxy) is 1. The average Bonchev–Trinajstić information content (AvgIpc) is 2.36. The highest BCUT2D eigenvalue weighted by molar-refractivity contribution is 7.89. The van der Waals surface area contributed by atoms with Gasteiger partial charge in [0.05, 0.1) is 11.5 Å². The van der Waals surface area contributed by atoms with Gasteiger partial charge in [-0.1, -0.05) is 17.7 Å². The maximum atomic E-state index is 12.1. The van der Waals surface area contributed by atoms with Gasteiger partial charge in [0.25, 0.3) is 10.0 Å². The van der Waals surface area contributed by atoms with Gasteiger partial charge in [-0.3, -0.25) is 4.31 Å². The normalized spacial score (nSPS) is 11.5. The number of carbonyl (C=O) groups excluding carboxylic acids is 1. The summed E-state index contributed by atoms with van der Waals surface area (Å²) in [5.41, 5.74) is 0.976. The number of hydrogen-bond acceptors (Lipinski definition) is 4.